The molecule has 1 aliphatic heterocycles. The highest BCUT2D eigenvalue weighted by atomic mass is 32.2. The molecule has 1 atom stereocenters. The van der Waals surface area contributed by atoms with Gasteiger partial charge in [-0.1, -0.05) is 30.0 Å². The first-order valence-electron chi connectivity index (χ1n) is 10.3. The predicted molar refractivity (Wildman–Crippen MR) is 126 cm³/mol. The summed E-state index contributed by atoms with van der Waals surface area (Å²) in [6, 6.07) is 13.4. The number of rotatable bonds is 6. The molecule has 1 amide bonds. The summed E-state index contributed by atoms with van der Waals surface area (Å²) in [6.45, 7) is 1.11. The topological polar surface area (TPSA) is 73.2 Å². The van der Waals surface area contributed by atoms with Crippen molar-refractivity contribution in [2.24, 2.45) is 0 Å². The lowest BCUT2D eigenvalue weighted by atomic mass is 10.2. The number of amides is 1. The molecule has 0 saturated carbocycles. The highest BCUT2D eigenvalue weighted by molar-refractivity contribution is 7.99. The minimum absolute atomic E-state index is 0.0336. The van der Waals surface area contributed by atoms with Crippen molar-refractivity contribution in [3.05, 3.63) is 64.7 Å². The average molecular weight is 470 g/mol. The second-order valence-corrected chi connectivity index (χ2v) is 9.56. The van der Waals surface area contributed by atoms with Gasteiger partial charge in [-0.25, -0.2) is 9.37 Å². The van der Waals surface area contributed by atoms with E-state index < -0.39 is 0 Å². The maximum atomic E-state index is 13.4. The molecule has 1 saturated heterocycles. The highest BCUT2D eigenvalue weighted by Gasteiger charge is 2.22. The molecule has 9 heteroatoms. The van der Waals surface area contributed by atoms with Crippen molar-refractivity contribution >= 4 is 55.0 Å². The normalized spacial score (nSPS) is 16.1. The van der Waals surface area contributed by atoms with Gasteiger partial charge in [0.25, 0.3) is 5.56 Å². The number of thiophene rings is 1. The van der Waals surface area contributed by atoms with Crippen LogP contribution in [0.4, 0.5) is 10.1 Å². The van der Waals surface area contributed by atoms with Crippen LogP contribution in [0, 0.1) is 5.82 Å². The van der Waals surface area contributed by atoms with Gasteiger partial charge in [0, 0.05) is 22.4 Å². The molecule has 0 aliphatic carbocycles. The summed E-state index contributed by atoms with van der Waals surface area (Å²) in [7, 11) is 0. The van der Waals surface area contributed by atoms with Crippen LogP contribution in [-0.4, -0.2) is 33.9 Å². The van der Waals surface area contributed by atoms with Gasteiger partial charge >= 0.3 is 0 Å². The molecule has 164 valence electrons. The van der Waals surface area contributed by atoms with Gasteiger partial charge in [-0.15, -0.1) is 11.3 Å². The van der Waals surface area contributed by atoms with E-state index in [1.165, 1.54) is 47.4 Å². The van der Waals surface area contributed by atoms with E-state index in [-0.39, 0.29) is 29.1 Å². The number of nitrogens with zero attached hydrogens (tertiary/aromatic N) is 2. The Balaban J connectivity index is 1.46. The van der Waals surface area contributed by atoms with E-state index in [1.54, 1.807) is 4.57 Å². The molecular formula is C23H20FN3O3S2. The zero-order valence-electron chi connectivity index (χ0n) is 17.0. The molecule has 3 heterocycles. The maximum absolute atomic E-state index is 13.4. The third-order valence-corrected chi connectivity index (χ3v) is 7.44. The fraction of sp³-hybridized carbons (Fsp3) is 0.261. The Morgan fingerprint density at radius 3 is 2.84 bits per heavy atom. The number of fused-ring (bicyclic) bond motifs is 3. The fourth-order valence-corrected chi connectivity index (χ4v) is 5.67. The monoisotopic (exact) mass is 469 g/mol. The predicted octanol–water partition coefficient (Wildman–Crippen LogP) is 4.66. The first kappa shape index (κ1) is 21.1. The van der Waals surface area contributed by atoms with Crippen molar-refractivity contribution in [3.8, 4) is 0 Å². The molecule has 2 aromatic heterocycles. The van der Waals surface area contributed by atoms with Crippen LogP contribution in [0.15, 0.2) is 58.5 Å². The Morgan fingerprint density at radius 2 is 2.06 bits per heavy atom. The van der Waals surface area contributed by atoms with Gasteiger partial charge in [0.15, 0.2) is 5.16 Å². The highest BCUT2D eigenvalue weighted by Crippen LogP contribution is 2.32. The number of nitrogens with one attached hydrogen (secondary N) is 1. The number of ether oxygens (including phenoxy) is 1. The standard InChI is InChI=1S/C23H20FN3O3S2/c24-14-7-9-15(10-8-14)25-19(28)13-31-23-26-20-17-5-1-2-6-18(17)32-21(20)22(29)27(23)12-16-4-3-11-30-16/h1-2,5-10,16H,3-4,11-13H2,(H,25,28). The Labute approximate surface area is 191 Å². The SMILES string of the molecule is O=C(CSc1nc2c(sc3ccccc32)c(=O)n1CC1CCCO1)Nc1ccc(F)cc1. The summed E-state index contributed by atoms with van der Waals surface area (Å²) >= 11 is 2.66. The molecule has 6 nitrogen and oxygen atoms in total. The minimum atomic E-state index is -0.365. The second-order valence-electron chi connectivity index (χ2n) is 7.56. The van der Waals surface area contributed by atoms with Gasteiger partial charge in [-0.05, 0) is 43.2 Å². The van der Waals surface area contributed by atoms with Crippen molar-refractivity contribution in [2.45, 2.75) is 30.6 Å². The third-order valence-electron chi connectivity index (χ3n) is 5.32. The summed E-state index contributed by atoms with van der Waals surface area (Å²) in [5.74, 6) is -0.547. The van der Waals surface area contributed by atoms with E-state index in [1.807, 2.05) is 24.3 Å². The van der Waals surface area contributed by atoms with Crippen LogP contribution in [0.25, 0.3) is 20.3 Å². The van der Waals surface area contributed by atoms with Gasteiger partial charge < -0.3 is 10.1 Å². The molecular weight excluding hydrogens is 449 g/mol. The van der Waals surface area contributed by atoms with Crippen LogP contribution in [0.5, 0.6) is 0 Å². The summed E-state index contributed by atoms with van der Waals surface area (Å²) in [5, 5.41) is 4.18. The Bertz CT molecular complexity index is 1340. The van der Waals surface area contributed by atoms with Crippen LogP contribution >= 0.6 is 23.1 Å². The number of hydrogen-bond donors (Lipinski definition) is 1. The molecule has 1 fully saturated rings. The molecule has 1 unspecified atom stereocenters. The van der Waals surface area contributed by atoms with Crippen molar-refractivity contribution in [1.29, 1.82) is 0 Å². The molecule has 1 N–H and O–H groups in total. The quantitative estimate of drug-likeness (QED) is 0.328. The smallest absolute Gasteiger partial charge is 0.272 e. The molecule has 0 radical (unpaired) electrons. The molecule has 1 aliphatic rings. The lowest BCUT2D eigenvalue weighted by molar-refractivity contribution is -0.113. The number of aromatic nitrogens is 2. The lowest BCUT2D eigenvalue weighted by Gasteiger charge is -2.15. The Hall–Kier alpha value is -2.75. The van der Waals surface area contributed by atoms with E-state index in [0.29, 0.717) is 34.2 Å². The van der Waals surface area contributed by atoms with Crippen LogP contribution in [-0.2, 0) is 16.1 Å². The summed E-state index contributed by atoms with van der Waals surface area (Å²) in [6.07, 6.45) is 1.83. The first-order chi connectivity index (χ1) is 15.6. The maximum Gasteiger partial charge on any atom is 0.272 e. The number of anilines is 1. The van der Waals surface area contributed by atoms with Crippen molar-refractivity contribution in [2.75, 3.05) is 17.7 Å². The van der Waals surface area contributed by atoms with E-state index in [4.69, 9.17) is 9.72 Å². The molecule has 2 aromatic carbocycles. The number of carbonyl (C=O) groups excluding carboxylic acids is 1. The van der Waals surface area contributed by atoms with E-state index in [0.717, 1.165) is 22.9 Å². The molecule has 5 rings (SSSR count). The van der Waals surface area contributed by atoms with Crippen molar-refractivity contribution in [3.63, 3.8) is 0 Å². The molecule has 0 bridgehead atoms. The molecule has 32 heavy (non-hydrogen) atoms. The Morgan fingerprint density at radius 1 is 1.25 bits per heavy atom. The first-order valence-corrected chi connectivity index (χ1v) is 12.1. The van der Waals surface area contributed by atoms with Gasteiger partial charge in [0.2, 0.25) is 5.91 Å². The molecule has 0 spiro atoms. The lowest BCUT2D eigenvalue weighted by Crippen LogP contribution is -2.28. The minimum Gasteiger partial charge on any atom is -0.376 e. The van der Waals surface area contributed by atoms with Crippen molar-refractivity contribution < 1.29 is 13.9 Å². The van der Waals surface area contributed by atoms with Gasteiger partial charge in [0.05, 0.1) is 23.9 Å². The van der Waals surface area contributed by atoms with Gasteiger partial charge in [-0.3, -0.25) is 14.2 Å². The van der Waals surface area contributed by atoms with Crippen molar-refractivity contribution in [1.82, 2.24) is 9.55 Å². The zero-order chi connectivity index (χ0) is 22.1. The Kier molecular flexibility index (Phi) is 5.95. The third kappa shape index (κ3) is 4.28. The number of benzene rings is 2. The number of hydrogen-bond acceptors (Lipinski definition) is 6. The van der Waals surface area contributed by atoms with Crippen LogP contribution < -0.4 is 10.9 Å². The zero-order valence-corrected chi connectivity index (χ0v) is 18.7. The average Bonchev–Trinajstić information content (AvgIpc) is 3.44. The number of carbonyl (C=O) groups is 1. The largest absolute Gasteiger partial charge is 0.376 e. The van der Waals surface area contributed by atoms with Crippen LogP contribution in [0.3, 0.4) is 0 Å². The summed E-state index contributed by atoms with van der Waals surface area (Å²) in [4.78, 5) is 30.7. The fourth-order valence-electron chi connectivity index (χ4n) is 3.78. The van der Waals surface area contributed by atoms with E-state index >= 15 is 0 Å². The van der Waals surface area contributed by atoms with Gasteiger partial charge in [-0.2, -0.15) is 0 Å². The number of thioether (sulfide) groups is 1. The van der Waals surface area contributed by atoms with Crippen LogP contribution in [0.1, 0.15) is 12.8 Å². The van der Waals surface area contributed by atoms with Crippen LogP contribution in [0.2, 0.25) is 0 Å². The van der Waals surface area contributed by atoms with Gasteiger partial charge in [0.1, 0.15) is 10.5 Å². The molecule has 4 aromatic rings. The summed E-state index contributed by atoms with van der Waals surface area (Å²) < 4.78 is 22.1. The number of halogens is 1. The van der Waals surface area contributed by atoms with E-state index in [2.05, 4.69) is 5.32 Å². The summed E-state index contributed by atoms with van der Waals surface area (Å²) in [5.41, 5.74) is 1.08. The van der Waals surface area contributed by atoms with E-state index in [9.17, 15) is 14.0 Å². The second kappa shape index (κ2) is 9.01.